The number of hydrogen-bond donors (Lipinski definition) is 2. The third-order valence-electron chi connectivity index (χ3n) is 1.67. The molecule has 0 saturated heterocycles. The summed E-state index contributed by atoms with van der Waals surface area (Å²) < 4.78 is 10.9. The SMILES string of the molecule is C#CCNCC(=O)NCC(C)S(C)=O. The molecule has 0 heterocycles. The average molecular weight is 216 g/mol. The highest BCUT2D eigenvalue weighted by atomic mass is 32.2. The molecule has 0 fully saturated rings. The van der Waals surface area contributed by atoms with Crippen molar-refractivity contribution in [3.05, 3.63) is 0 Å². The Morgan fingerprint density at radius 1 is 1.64 bits per heavy atom. The van der Waals surface area contributed by atoms with E-state index in [0.717, 1.165) is 0 Å². The molecule has 0 rings (SSSR count). The smallest absolute Gasteiger partial charge is 0.234 e. The van der Waals surface area contributed by atoms with Crippen LogP contribution in [0, 0.1) is 12.3 Å². The average Bonchev–Trinajstić information content (AvgIpc) is 2.14. The van der Waals surface area contributed by atoms with E-state index in [4.69, 9.17) is 6.42 Å². The van der Waals surface area contributed by atoms with Crippen molar-refractivity contribution < 1.29 is 9.00 Å². The molecule has 80 valence electrons. The van der Waals surface area contributed by atoms with Crippen molar-refractivity contribution in [3.63, 3.8) is 0 Å². The Bertz CT molecular complexity index is 248. The molecular formula is C9H16N2O2S. The lowest BCUT2D eigenvalue weighted by molar-refractivity contribution is -0.120. The van der Waals surface area contributed by atoms with E-state index in [2.05, 4.69) is 16.6 Å². The molecule has 0 aliphatic heterocycles. The first-order chi connectivity index (χ1) is 6.57. The van der Waals surface area contributed by atoms with E-state index in [9.17, 15) is 9.00 Å². The summed E-state index contributed by atoms with van der Waals surface area (Å²) >= 11 is 0. The first kappa shape index (κ1) is 13.1. The van der Waals surface area contributed by atoms with Crippen molar-refractivity contribution in [2.24, 2.45) is 0 Å². The second kappa shape index (κ2) is 7.54. The standard InChI is InChI=1S/C9H16N2O2S/c1-4-5-10-7-9(12)11-6-8(2)14(3)13/h1,8,10H,5-7H2,2-3H3,(H,11,12). The van der Waals surface area contributed by atoms with E-state index >= 15 is 0 Å². The molecule has 0 bridgehead atoms. The zero-order valence-corrected chi connectivity index (χ0v) is 9.32. The zero-order valence-electron chi connectivity index (χ0n) is 8.50. The van der Waals surface area contributed by atoms with Crippen molar-refractivity contribution in [2.75, 3.05) is 25.9 Å². The highest BCUT2D eigenvalue weighted by Crippen LogP contribution is 1.88. The van der Waals surface area contributed by atoms with Crippen LogP contribution in [0.5, 0.6) is 0 Å². The predicted molar refractivity (Wildman–Crippen MR) is 58.2 cm³/mol. The zero-order chi connectivity index (χ0) is 11.0. The molecule has 5 heteroatoms. The summed E-state index contributed by atoms with van der Waals surface area (Å²) in [5.41, 5.74) is 0. The van der Waals surface area contributed by atoms with Gasteiger partial charge in [0.25, 0.3) is 0 Å². The van der Waals surface area contributed by atoms with Gasteiger partial charge in [-0.05, 0) is 6.92 Å². The molecule has 2 atom stereocenters. The van der Waals surface area contributed by atoms with E-state index in [-0.39, 0.29) is 17.7 Å². The summed E-state index contributed by atoms with van der Waals surface area (Å²) in [5, 5.41) is 5.40. The quantitative estimate of drug-likeness (QED) is 0.446. The van der Waals surface area contributed by atoms with Crippen LogP contribution in [0.25, 0.3) is 0 Å². The number of terminal acetylenes is 1. The monoisotopic (exact) mass is 216 g/mol. The molecule has 0 saturated carbocycles. The Morgan fingerprint density at radius 2 is 2.29 bits per heavy atom. The molecule has 0 aliphatic rings. The molecule has 2 N–H and O–H groups in total. The van der Waals surface area contributed by atoms with Crippen LogP contribution in [-0.4, -0.2) is 41.3 Å². The molecule has 0 aliphatic carbocycles. The summed E-state index contributed by atoms with van der Waals surface area (Å²) in [5.74, 6) is 2.24. The molecule has 0 aromatic carbocycles. The van der Waals surface area contributed by atoms with Crippen molar-refractivity contribution >= 4 is 16.7 Å². The summed E-state index contributed by atoms with van der Waals surface area (Å²) in [6.07, 6.45) is 6.61. The normalized spacial score (nSPS) is 14.1. The summed E-state index contributed by atoms with van der Waals surface area (Å²) in [7, 11) is -0.902. The fourth-order valence-electron chi connectivity index (χ4n) is 0.686. The van der Waals surface area contributed by atoms with Crippen LogP contribution >= 0.6 is 0 Å². The van der Waals surface area contributed by atoms with Crippen molar-refractivity contribution in [2.45, 2.75) is 12.2 Å². The Balaban J connectivity index is 3.54. The van der Waals surface area contributed by atoms with E-state index in [1.54, 1.807) is 6.26 Å². The predicted octanol–water partition coefficient (Wildman–Crippen LogP) is -0.908. The van der Waals surface area contributed by atoms with Crippen molar-refractivity contribution in [1.82, 2.24) is 10.6 Å². The van der Waals surface area contributed by atoms with Gasteiger partial charge >= 0.3 is 0 Å². The number of nitrogens with one attached hydrogen (secondary N) is 2. The molecule has 14 heavy (non-hydrogen) atoms. The molecule has 1 amide bonds. The maximum Gasteiger partial charge on any atom is 0.234 e. The van der Waals surface area contributed by atoms with Gasteiger partial charge in [-0.15, -0.1) is 6.42 Å². The van der Waals surface area contributed by atoms with Gasteiger partial charge < -0.3 is 5.32 Å². The summed E-state index contributed by atoms with van der Waals surface area (Å²) in [4.78, 5) is 11.1. The third kappa shape index (κ3) is 6.63. The van der Waals surface area contributed by atoms with Crippen LogP contribution in [-0.2, 0) is 15.6 Å². The van der Waals surface area contributed by atoms with Crippen molar-refractivity contribution in [1.29, 1.82) is 0 Å². The third-order valence-corrected chi connectivity index (χ3v) is 2.97. The Hall–Kier alpha value is -0.860. The Labute approximate surface area is 87.3 Å². The second-order valence-electron chi connectivity index (χ2n) is 2.92. The number of hydrogen-bond acceptors (Lipinski definition) is 3. The number of carbonyl (C=O) groups is 1. The van der Waals surface area contributed by atoms with Gasteiger partial charge in [0.15, 0.2) is 0 Å². The topological polar surface area (TPSA) is 58.2 Å². The van der Waals surface area contributed by atoms with Gasteiger partial charge in [-0.1, -0.05) is 5.92 Å². The molecule has 4 nitrogen and oxygen atoms in total. The summed E-state index contributed by atoms with van der Waals surface area (Å²) in [6.45, 7) is 2.83. The maximum absolute atomic E-state index is 11.1. The number of amides is 1. The Kier molecular flexibility index (Phi) is 7.07. The Morgan fingerprint density at radius 3 is 2.79 bits per heavy atom. The summed E-state index contributed by atoms with van der Waals surface area (Å²) in [6, 6.07) is 0. The molecular weight excluding hydrogens is 200 g/mol. The number of carbonyl (C=O) groups excluding carboxylic acids is 1. The van der Waals surface area contributed by atoms with Crippen LogP contribution in [0.4, 0.5) is 0 Å². The van der Waals surface area contributed by atoms with Crippen LogP contribution < -0.4 is 10.6 Å². The van der Waals surface area contributed by atoms with Gasteiger partial charge in [0, 0.05) is 28.9 Å². The minimum absolute atomic E-state index is 0.0217. The van der Waals surface area contributed by atoms with Crippen LogP contribution in [0.1, 0.15) is 6.92 Å². The number of rotatable bonds is 6. The van der Waals surface area contributed by atoms with Crippen LogP contribution in [0.2, 0.25) is 0 Å². The van der Waals surface area contributed by atoms with E-state index < -0.39 is 10.8 Å². The molecule has 2 unspecified atom stereocenters. The van der Waals surface area contributed by atoms with Gasteiger partial charge in [-0.2, -0.15) is 0 Å². The van der Waals surface area contributed by atoms with E-state index in [1.807, 2.05) is 6.92 Å². The maximum atomic E-state index is 11.1. The minimum atomic E-state index is -0.902. The largest absolute Gasteiger partial charge is 0.354 e. The lowest BCUT2D eigenvalue weighted by Gasteiger charge is -2.09. The van der Waals surface area contributed by atoms with Crippen molar-refractivity contribution in [3.8, 4) is 12.3 Å². The highest BCUT2D eigenvalue weighted by Gasteiger charge is 2.07. The van der Waals surface area contributed by atoms with Gasteiger partial charge in [-0.3, -0.25) is 14.3 Å². The van der Waals surface area contributed by atoms with Gasteiger partial charge in [0.2, 0.25) is 5.91 Å². The van der Waals surface area contributed by atoms with Crippen LogP contribution in [0.15, 0.2) is 0 Å². The highest BCUT2D eigenvalue weighted by molar-refractivity contribution is 7.84. The van der Waals surface area contributed by atoms with E-state index in [1.165, 1.54) is 0 Å². The first-order valence-corrected chi connectivity index (χ1v) is 5.93. The lowest BCUT2D eigenvalue weighted by atomic mass is 10.4. The van der Waals surface area contributed by atoms with E-state index in [0.29, 0.717) is 13.1 Å². The molecule has 0 spiro atoms. The van der Waals surface area contributed by atoms with Crippen LogP contribution in [0.3, 0.4) is 0 Å². The molecule has 0 radical (unpaired) electrons. The second-order valence-corrected chi connectivity index (χ2v) is 4.72. The first-order valence-electron chi connectivity index (χ1n) is 4.31. The molecule has 0 aromatic rings. The van der Waals surface area contributed by atoms with Gasteiger partial charge in [0.05, 0.1) is 13.1 Å². The van der Waals surface area contributed by atoms with Gasteiger partial charge in [0.1, 0.15) is 0 Å². The fourth-order valence-corrected chi connectivity index (χ4v) is 1.00. The fraction of sp³-hybridized carbons (Fsp3) is 0.667. The minimum Gasteiger partial charge on any atom is -0.354 e. The lowest BCUT2D eigenvalue weighted by Crippen LogP contribution is -2.38. The molecule has 0 aromatic heterocycles. The van der Waals surface area contributed by atoms with Gasteiger partial charge in [-0.25, -0.2) is 0 Å².